The fourth-order valence-electron chi connectivity index (χ4n) is 3.12. The number of anilines is 1. The van der Waals surface area contributed by atoms with Crippen LogP contribution in [0.3, 0.4) is 0 Å². The summed E-state index contributed by atoms with van der Waals surface area (Å²) in [6, 6.07) is 19.0. The predicted octanol–water partition coefficient (Wildman–Crippen LogP) is 4.09. The molecule has 0 saturated heterocycles. The zero-order valence-corrected chi connectivity index (χ0v) is 16.6. The summed E-state index contributed by atoms with van der Waals surface area (Å²) in [5.41, 5.74) is 2.30. The molecule has 146 valence electrons. The largest absolute Gasteiger partial charge is 0.465 e. The van der Waals surface area contributed by atoms with Crippen LogP contribution < -0.4 is 10.9 Å². The molecule has 1 N–H and O–H groups in total. The molecule has 0 atom stereocenters. The standard InChI is InChI=1S/C22H19N3O3S/c1-2-28-18(26)13-23-22-24-20-19(17(14-29-20)15-9-5-3-6-10-15)21(27)25(22)16-11-7-4-8-12-16/h3-12,14H,2,13H2,1H3,(H,23,24). The summed E-state index contributed by atoms with van der Waals surface area (Å²) in [4.78, 5) is 30.6. The lowest BCUT2D eigenvalue weighted by atomic mass is 10.1. The molecule has 0 saturated carbocycles. The molecule has 29 heavy (non-hydrogen) atoms. The van der Waals surface area contributed by atoms with Crippen molar-refractivity contribution in [3.8, 4) is 16.8 Å². The summed E-state index contributed by atoms with van der Waals surface area (Å²) in [6.45, 7) is 1.97. The van der Waals surface area contributed by atoms with E-state index in [9.17, 15) is 9.59 Å². The van der Waals surface area contributed by atoms with Crippen LogP contribution in [0.4, 0.5) is 5.95 Å². The second-order valence-electron chi connectivity index (χ2n) is 6.27. The first kappa shape index (κ1) is 18.9. The first-order chi connectivity index (χ1) is 14.2. The van der Waals surface area contributed by atoms with E-state index in [0.29, 0.717) is 28.5 Å². The van der Waals surface area contributed by atoms with Crippen molar-refractivity contribution in [1.29, 1.82) is 0 Å². The lowest BCUT2D eigenvalue weighted by Crippen LogP contribution is -2.26. The Morgan fingerprint density at radius 3 is 2.48 bits per heavy atom. The van der Waals surface area contributed by atoms with Crippen LogP contribution >= 0.6 is 11.3 Å². The smallest absolute Gasteiger partial charge is 0.325 e. The average molecular weight is 405 g/mol. The molecular weight excluding hydrogens is 386 g/mol. The number of nitrogens with one attached hydrogen (secondary N) is 1. The number of nitrogens with zero attached hydrogens (tertiary/aromatic N) is 2. The van der Waals surface area contributed by atoms with Gasteiger partial charge < -0.3 is 10.1 Å². The molecule has 2 heterocycles. The molecule has 0 fully saturated rings. The van der Waals surface area contributed by atoms with Crippen molar-refractivity contribution < 1.29 is 9.53 Å². The Hall–Kier alpha value is -3.45. The predicted molar refractivity (Wildman–Crippen MR) is 116 cm³/mol. The minimum Gasteiger partial charge on any atom is -0.465 e. The van der Waals surface area contributed by atoms with E-state index in [1.54, 1.807) is 6.92 Å². The number of ether oxygens (including phenoxy) is 1. The van der Waals surface area contributed by atoms with Crippen LogP contribution in [-0.4, -0.2) is 28.7 Å². The Morgan fingerprint density at radius 2 is 1.79 bits per heavy atom. The Bertz CT molecular complexity index is 1200. The number of benzene rings is 2. The number of esters is 1. The third-order valence-corrected chi connectivity index (χ3v) is 5.28. The van der Waals surface area contributed by atoms with Crippen molar-refractivity contribution in [2.45, 2.75) is 6.92 Å². The van der Waals surface area contributed by atoms with Gasteiger partial charge in [-0.3, -0.25) is 9.59 Å². The van der Waals surface area contributed by atoms with Gasteiger partial charge in [-0.1, -0.05) is 48.5 Å². The number of fused-ring (bicyclic) bond motifs is 1. The van der Waals surface area contributed by atoms with Crippen molar-refractivity contribution in [3.63, 3.8) is 0 Å². The molecule has 0 radical (unpaired) electrons. The lowest BCUT2D eigenvalue weighted by Gasteiger charge is -2.14. The lowest BCUT2D eigenvalue weighted by molar-refractivity contribution is -0.140. The molecule has 7 heteroatoms. The van der Waals surface area contributed by atoms with Gasteiger partial charge in [0.25, 0.3) is 5.56 Å². The SMILES string of the molecule is CCOC(=O)CNc1nc2scc(-c3ccccc3)c2c(=O)n1-c1ccccc1. The summed E-state index contributed by atoms with van der Waals surface area (Å²) in [7, 11) is 0. The molecule has 0 spiro atoms. The number of carbonyl (C=O) groups excluding carboxylic acids is 1. The van der Waals surface area contributed by atoms with E-state index < -0.39 is 5.97 Å². The Balaban J connectivity index is 1.89. The van der Waals surface area contributed by atoms with Gasteiger partial charge in [-0.05, 0) is 24.6 Å². The highest BCUT2D eigenvalue weighted by Crippen LogP contribution is 2.32. The number of hydrogen-bond acceptors (Lipinski definition) is 6. The maximum atomic E-state index is 13.5. The second-order valence-corrected chi connectivity index (χ2v) is 7.12. The topological polar surface area (TPSA) is 73.2 Å². The van der Waals surface area contributed by atoms with Crippen LogP contribution in [0.25, 0.3) is 27.0 Å². The van der Waals surface area contributed by atoms with Crippen molar-refractivity contribution in [2.24, 2.45) is 0 Å². The first-order valence-electron chi connectivity index (χ1n) is 9.23. The molecule has 0 aliphatic heterocycles. The molecule has 0 aliphatic rings. The Labute approximate surface area is 171 Å². The molecule has 0 unspecified atom stereocenters. The highest BCUT2D eigenvalue weighted by molar-refractivity contribution is 7.17. The average Bonchev–Trinajstić information content (AvgIpc) is 3.18. The molecule has 0 amide bonds. The monoisotopic (exact) mass is 405 g/mol. The fraction of sp³-hybridized carbons (Fsp3) is 0.136. The van der Waals surface area contributed by atoms with E-state index in [0.717, 1.165) is 11.1 Å². The van der Waals surface area contributed by atoms with Crippen LogP contribution in [-0.2, 0) is 9.53 Å². The van der Waals surface area contributed by atoms with Gasteiger partial charge in [-0.15, -0.1) is 11.3 Å². The summed E-state index contributed by atoms with van der Waals surface area (Å²) in [5.74, 6) is -0.0965. The maximum absolute atomic E-state index is 13.5. The van der Waals surface area contributed by atoms with E-state index in [-0.39, 0.29) is 12.1 Å². The van der Waals surface area contributed by atoms with Crippen LogP contribution in [0.5, 0.6) is 0 Å². The number of para-hydroxylation sites is 1. The van der Waals surface area contributed by atoms with Crippen molar-refractivity contribution >= 4 is 33.5 Å². The summed E-state index contributed by atoms with van der Waals surface area (Å²) in [6.07, 6.45) is 0. The van der Waals surface area contributed by atoms with Gasteiger partial charge >= 0.3 is 5.97 Å². The summed E-state index contributed by atoms with van der Waals surface area (Å²) in [5, 5.41) is 5.47. The number of carbonyl (C=O) groups is 1. The zero-order valence-electron chi connectivity index (χ0n) is 15.8. The van der Waals surface area contributed by atoms with Crippen molar-refractivity contribution in [1.82, 2.24) is 9.55 Å². The number of rotatable bonds is 6. The highest BCUT2D eigenvalue weighted by Gasteiger charge is 2.18. The van der Waals surface area contributed by atoms with Gasteiger partial charge in [0.2, 0.25) is 5.95 Å². The number of aromatic nitrogens is 2. The Morgan fingerprint density at radius 1 is 1.10 bits per heavy atom. The van der Waals surface area contributed by atoms with E-state index in [1.807, 2.05) is 66.0 Å². The normalized spacial score (nSPS) is 10.8. The van der Waals surface area contributed by atoms with Crippen molar-refractivity contribution in [2.75, 3.05) is 18.5 Å². The third kappa shape index (κ3) is 3.77. The van der Waals surface area contributed by atoms with Crippen LogP contribution in [0.15, 0.2) is 70.8 Å². The van der Waals surface area contributed by atoms with E-state index in [4.69, 9.17) is 4.74 Å². The van der Waals surface area contributed by atoms with Gasteiger partial charge in [0.15, 0.2) is 0 Å². The molecule has 4 aromatic rings. The van der Waals surface area contributed by atoms with Crippen LogP contribution in [0.1, 0.15) is 6.92 Å². The van der Waals surface area contributed by atoms with Crippen LogP contribution in [0, 0.1) is 0 Å². The highest BCUT2D eigenvalue weighted by atomic mass is 32.1. The third-order valence-electron chi connectivity index (χ3n) is 4.40. The molecule has 2 aromatic carbocycles. The summed E-state index contributed by atoms with van der Waals surface area (Å²) >= 11 is 1.40. The molecule has 0 aliphatic carbocycles. The first-order valence-corrected chi connectivity index (χ1v) is 10.1. The van der Waals surface area contributed by atoms with Gasteiger partial charge in [-0.25, -0.2) is 9.55 Å². The minimum atomic E-state index is -0.405. The van der Waals surface area contributed by atoms with Gasteiger partial charge in [0.1, 0.15) is 11.4 Å². The van der Waals surface area contributed by atoms with Crippen LogP contribution in [0.2, 0.25) is 0 Å². The quantitative estimate of drug-likeness (QED) is 0.489. The van der Waals surface area contributed by atoms with Gasteiger partial charge in [0, 0.05) is 10.9 Å². The zero-order chi connectivity index (χ0) is 20.2. The van der Waals surface area contributed by atoms with E-state index in [2.05, 4.69) is 10.3 Å². The molecule has 6 nitrogen and oxygen atoms in total. The maximum Gasteiger partial charge on any atom is 0.325 e. The Kier molecular flexibility index (Phi) is 5.39. The van der Waals surface area contributed by atoms with E-state index >= 15 is 0 Å². The minimum absolute atomic E-state index is 0.0739. The fourth-order valence-corrected chi connectivity index (χ4v) is 4.06. The van der Waals surface area contributed by atoms with E-state index in [1.165, 1.54) is 15.9 Å². The second kappa shape index (κ2) is 8.28. The van der Waals surface area contributed by atoms with Gasteiger partial charge in [-0.2, -0.15) is 0 Å². The molecular formula is C22H19N3O3S. The summed E-state index contributed by atoms with van der Waals surface area (Å²) < 4.78 is 6.48. The molecule has 0 bridgehead atoms. The van der Waals surface area contributed by atoms with Crippen molar-refractivity contribution in [3.05, 3.63) is 76.4 Å². The molecule has 4 rings (SSSR count). The van der Waals surface area contributed by atoms with Gasteiger partial charge in [0.05, 0.1) is 17.7 Å². The number of thiophene rings is 1. The molecule has 2 aromatic heterocycles. The number of hydrogen-bond donors (Lipinski definition) is 1.